The number of nitrogens with zero attached hydrogens (tertiary/aromatic N) is 1. The van der Waals surface area contributed by atoms with E-state index < -0.39 is 11.8 Å². The number of pyridine rings is 1. The molecule has 2 rings (SSSR count). The molecule has 5 heteroatoms. The first kappa shape index (κ1) is 16.7. The molecule has 0 radical (unpaired) electrons. The lowest BCUT2D eigenvalue weighted by Gasteiger charge is -2.07. The fourth-order valence-electron chi connectivity index (χ4n) is 2.08. The van der Waals surface area contributed by atoms with Gasteiger partial charge >= 0.3 is 11.8 Å². The van der Waals surface area contributed by atoms with Crippen LogP contribution in [0, 0.1) is 0 Å². The highest BCUT2D eigenvalue weighted by Crippen LogP contribution is 2.11. The van der Waals surface area contributed by atoms with Gasteiger partial charge in [0.2, 0.25) is 0 Å². The monoisotopic (exact) mass is 311 g/mol. The molecule has 0 unspecified atom stereocenters. The van der Waals surface area contributed by atoms with Crippen LogP contribution in [0.25, 0.3) is 0 Å². The molecule has 1 heterocycles. The highest BCUT2D eigenvalue weighted by Gasteiger charge is 2.13. The molecule has 120 valence electrons. The van der Waals surface area contributed by atoms with Crippen LogP contribution in [0.15, 0.2) is 48.7 Å². The highest BCUT2D eigenvalue weighted by atomic mass is 16.2. The summed E-state index contributed by atoms with van der Waals surface area (Å²) in [5, 5.41) is 5.13. The molecule has 2 aromatic rings. The minimum absolute atomic E-state index is 0.225. The summed E-state index contributed by atoms with van der Waals surface area (Å²) < 4.78 is 0. The smallest absolute Gasteiger partial charge is 0.313 e. The van der Waals surface area contributed by atoms with Crippen LogP contribution in [0.4, 0.5) is 5.69 Å². The van der Waals surface area contributed by atoms with Crippen molar-refractivity contribution < 1.29 is 9.59 Å². The topological polar surface area (TPSA) is 71.1 Å². The largest absolute Gasteiger partial charge is 0.342 e. The lowest BCUT2D eigenvalue weighted by molar-refractivity contribution is -0.136. The van der Waals surface area contributed by atoms with Crippen molar-refractivity contribution in [3.63, 3.8) is 0 Å². The van der Waals surface area contributed by atoms with E-state index in [-0.39, 0.29) is 6.54 Å². The molecular weight excluding hydrogens is 290 g/mol. The zero-order chi connectivity index (χ0) is 16.5. The third kappa shape index (κ3) is 5.54. The second-order valence-corrected chi connectivity index (χ2v) is 5.26. The first-order valence-electron chi connectivity index (χ1n) is 7.77. The van der Waals surface area contributed by atoms with Gasteiger partial charge < -0.3 is 10.6 Å². The minimum Gasteiger partial charge on any atom is -0.342 e. The van der Waals surface area contributed by atoms with Gasteiger partial charge in [0.15, 0.2) is 0 Å². The number of rotatable bonds is 6. The number of amides is 2. The van der Waals surface area contributed by atoms with Gasteiger partial charge in [0.05, 0.1) is 12.2 Å². The van der Waals surface area contributed by atoms with Crippen LogP contribution >= 0.6 is 0 Å². The number of nitrogens with one attached hydrogen (secondary N) is 2. The number of hydrogen-bond acceptors (Lipinski definition) is 3. The third-order valence-corrected chi connectivity index (χ3v) is 3.39. The van der Waals surface area contributed by atoms with E-state index in [0.717, 1.165) is 19.3 Å². The molecule has 0 aliphatic heterocycles. The van der Waals surface area contributed by atoms with Gasteiger partial charge in [0.1, 0.15) is 0 Å². The molecule has 1 aromatic heterocycles. The Morgan fingerprint density at radius 2 is 1.83 bits per heavy atom. The van der Waals surface area contributed by atoms with Crippen molar-refractivity contribution in [2.24, 2.45) is 0 Å². The second-order valence-electron chi connectivity index (χ2n) is 5.26. The van der Waals surface area contributed by atoms with Crippen LogP contribution in [0.3, 0.4) is 0 Å². The highest BCUT2D eigenvalue weighted by molar-refractivity contribution is 6.39. The fraction of sp³-hybridized carbons (Fsp3) is 0.278. The average molecular weight is 311 g/mol. The van der Waals surface area contributed by atoms with Crippen LogP contribution in [0.2, 0.25) is 0 Å². The Labute approximate surface area is 136 Å². The standard InChI is InChI=1S/C18H21N3O2/c1-2-3-6-14-8-10-15(11-9-14)21-18(23)17(22)20-13-16-7-4-5-12-19-16/h4-5,7-12H,2-3,6,13H2,1H3,(H,20,22)(H,21,23). The molecule has 2 N–H and O–H groups in total. The molecular formula is C18H21N3O2. The summed E-state index contributed by atoms with van der Waals surface area (Å²) in [7, 11) is 0. The Hall–Kier alpha value is -2.69. The summed E-state index contributed by atoms with van der Waals surface area (Å²) in [6.45, 7) is 2.38. The molecule has 0 atom stereocenters. The van der Waals surface area contributed by atoms with Crippen molar-refractivity contribution in [1.29, 1.82) is 0 Å². The third-order valence-electron chi connectivity index (χ3n) is 3.39. The van der Waals surface area contributed by atoms with Gasteiger partial charge in [0, 0.05) is 11.9 Å². The van der Waals surface area contributed by atoms with Gasteiger partial charge in [-0.15, -0.1) is 0 Å². The quantitative estimate of drug-likeness (QED) is 0.806. The molecule has 23 heavy (non-hydrogen) atoms. The normalized spacial score (nSPS) is 10.1. The van der Waals surface area contributed by atoms with Crippen LogP contribution < -0.4 is 10.6 Å². The average Bonchev–Trinajstić information content (AvgIpc) is 2.60. The van der Waals surface area contributed by atoms with E-state index in [0.29, 0.717) is 11.4 Å². The SMILES string of the molecule is CCCCc1ccc(NC(=O)C(=O)NCc2ccccn2)cc1. The maximum absolute atomic E-state index is 11.8. The first-order valence-corrected chi connectivity index (χ1v) is 7.77. The van der Waals surface area contributed by atoms with Gasteiger partial charge in [-0.1, -0.05) is 31.5 Å². The van der Waals surface area contributed by atoms with Crippen LogP contribution in [-0.4, -0.2) is 16.8 Å². The van der Waals surface area contributed by atoms with E-state index in [9.17, 15) is 9.59 Å². The second kappa shape index (κ2) is 8.68. The number of carbonyl (C=O) groups is 2. The summed E-state index contributed by atoms with van der Waals surface area (Å²) in [6, 6.07) is 13.0. The van der Waals surface area contributed by atoms with E-state index in [4.69, 9.17) is 0 Å². The number of unbranched alkanes of at least 4 members (excludes halogenated alkanes) is 1. The van der Waals surface area contributed by atoms with Crippen LogP contribution in [0.1, 0.15) is 31.0 Å². The van der Waals surface area contributed by atoms with Gasteiger partial charge in [0.25, 0.3) is 0 Å². The predicted octanol–water partition coefficient (Wildman–Crippen LogP) is 2.68. The number of aryl methyl sites for hydroxylation is 1. The van der Waals surface area contributed by atoms with Gasteiger partial charge in [-0.05, 0) is 42.7 Å². The van der Waals surface area contributed by atoms with Crippen LogP contribution in [0.5, 0.6) is 0 Å². The summed E-state index contributed by atoms with van der Waals surface area (Å²) in [5.74, 6) is -1.35. The zero-order valence-corrected chi connectivity index (χ0v) is 13.2. The summed E-state index contributed by atoms with van der Waals surface area (Å²) in [4.78, 5) is 27.7. The van der Waals surface area contributed by atoms with Crippen molar-refractivity contribution in [2.75, 3.05) is 5.32 Å². The molecule has 5 nitrogen and oxygen atoms in total. The van der Waals surface area contributed by atoms with E-state index >= 15 is 0 Å². The maximum Gasteiger partial charge on any atom is 0.313 e. The van der Waals surface area contributed by atoms with Crippen LogP contribution in [-0.2, 0) is 22.6 Å². The van der Waals surface area contributed by atoms with Crippen molar-refractivity contribution in [1.82, 2.24) is 10.3 Å². The molecule has 0 spiro atoms. The Morgan fingerprint density at radius 1 is 1.04 bits per heavy atom. The number of benzene rings is 1. The van der Waals surface area contributed by atoms with Crippen molar-refractivity contribution in [2.45, 2.75) is 32.7 Å². The fourth-order valence-corrected chi connectivity index (χ4v) is 2.08. The molecule has 0 fully saturated rings. The molecule has 0 bridgehead atoms. The van der Waals surface area contributed by atoms with Gasteiger partial charge in [-0.25, -0.2) is 0 Å². The Bertz CT molecular complexity index is 639. The number of hydrogen-bond donors (Lipinski definition) is 2. The molecule has 1 aromatic carbocycles. The molecule has 0 aliphatic rings. The molecule has 0 saturated heterocycles. The van der Waals surface area contributed by atoms with E-state index in [1.165, 1.54) is 5.56 Å². The maximum atomic E-state index is 11.8. The van der Waals surface area contributed by atoms with Crippen molar-refractivity contribution >= 4 is 17.5 Å². The van der Waals surface area contributed by atoms with Crippen molar-refractivity contribution in [3.8, 4) is 0 Å². The number of carbonyl (C=O) groups excluding carboxylic acids is 2. The van der Waals surface area contributed by atoms with Crippen molar-refractivity contribution in [3.05, 3.63) is 59.9 Å². The van der Waals surface area contributed by atoms with E-state index in [1.54, 1.807) is 18.3 Å². The lowest BCUT2D eigenvalue weighted by Crippen LogP contribution is -2.35. The van der Waals surface area contributed by atoms with Gasteiger partial charge in [-0.2, -0.15) is 0 Å². The molecule has 0 saturated carbocycles. The minimum atomic E-state index is -0.678. The number of anilines is 1. The summed E-state index contributed by atoms with van der Waals surface area (Å²) in [6.07, 6.45) is 4.95. The molecule has 2 amide bonds. The first-order chi connectivity index (χ1) is 11.2. The Morgan fingerprint density at radius 3 is 2.48 bits per heavy atom. The molecule has 0 aliphatic carbocycles. The lowest BCUT2D eigenvalue weighted by atomic mass is 10.1. The number of aromatic nitrogens is 1. The zero-order valence-electron chi connectivity index (χ0n) is 13.2. The summed E-state index contributed by atoms with van der Waals surface area (Å²) >= 11 is 0. The van der Waals surface area contributed by atoms with Gasteiger partial charge in [-0.3, -0.25) is 14.6 Å². The summed E-state index contributed by atoms with van der Waals surface area (Å²) in [5.41, 5.74) is 2.54. The Kier molecular flexibility index (Phi) is 6.29. The predicted molar refractivity (Wildman–Crippen MR) is 89.8 cm³/mol. The Balaban J connectivity index is 1.82. The van der Waals surface area contributed by atoms with E-state index in [1.807, 2.05) is 30.3 Å². The van der Waals surface area contributed by atoms with E-state index in [2.05, 4.69) is 22.5 Å².